The molecule has 0 bridgehead atoms. The van der Waals surface area contributed by atoms with Gasteiger partial charge in [-0.2, -0.15) is 4.31 Å². The molecule has 164 valence electrons. The highest BCUT2D eigenvalue weighted by molar-refractivity contribution is 7.89. The SMILES string of the molecule is C[C@H]1CN(S(=O)(=O)c2ccc(C(=O)NNc3nc4ccc(F)cc4s3)cc2)C[C@H](C)O1. The molecule has 0 saturated carbocycles. The Hall–Kier alpha value is -2.60. The largest absolute Gasteiger partial charge is 0.373 e. The fourth-order valence-electron chi connectivity index (χ4n) is 3.39. The summed E-state index contributed by atoms with van der Waals surface area (Å²) in [4.78, 5) is 16.8. The highest BCUT2D eigenvalue weighted by Gasteiger charge is 2.32. The minimum Gasteiger partial charge on any atom is -0.373 e. The Balaban J connectivity index is 1.42. The van der Waals surface area contributed by atoms with Crippen molar-refractivity contribution in [2.45, 2.75) is 31.0 Å². The number of nitrogens with zero attached hydrogens (tertiary/aromatic N) is 2. The fourth-order valence-corrected chi connectivity index (χ4v) is 5.82. The highest BCUT2D eigenvalue weighted by atomic mass is 32.2. The van der Waals surface area contributed by atoms with E-state index < -0.39 is 15.9 Å². The number of aromatic nitrogens is 1. The second-order valence-electron chi connectivity index (χ2n) is 7.31. The van der Waals surface area contributed by atoms with Crippen LogP contribution in [0, 0.1) is 5.82 Å². The predicted octanol–water partition coefficient (Wildman–Crippen LogP) is 2.99. The van der Waals surface area contributed by atoms with Gasteiger partial charge in [-0.3, -0.25) is 15.6 Å². The van der Waals surface area contributed by atoms with Crippen molar-refractivity contribution < 1.29 is 22.3 Å². The van der Waals surface area contributed by atoms with Crippen LogP contribution in [0.4, 0.5) is 9.52 Å². The number of halogens is 1. The van der Waals surface area contributed by atoms with Gasteiger partial charge < -0.3 is 4.74 Å². The lowest BCUT2D eigenvalue weighted by molar-refractivity contribution is -0.0440. The molecule has 1 aliphatic heterocycles. The van der Waals surface area contributed by atoms with Gasteiger partial charge in [-0.25, -0.2) is 17.8 Å². The van der Waals surface area contributed by atoms with E-state index in [-0.39, 0.29) is 41.6 Å². The van der Waals surface area contributed by atoms with Crippen LogP contribution < -0.4 is 10.9 Å². The summed E-state index contributed by atoms with van der Waals surface area (Å²) in [6, 6.07) is 9.97. The number of hydrogen-bond donors (Lipinski definition) is 2. The van der Waals surface area contributed by atoms with Crippen LogP contribution in [0.2, 0.25) is 0 Å². The van der Waals surface area contributed by atoms with E-state index in [2.05, 4.69) is 15.8 Å². The number of nitrogens with one attached hydrogen (secondary N) is 2. The molecule has 0 spiro atoms. The minimum atomic E-state index is -3.68. The first-order chi connectivity index (χ1) is 14.7. The van der Waals surface area contributed by atoms with Gasteiger partial charge in [-0.05, 0) is 56.3 Å². The van der Waals surface area contributed by atoms with E-state index in [1.807, 2.05) is 13.8 Å². The van der Waals surface area contributed by atoms with Gasteiger partial charge in [0.2, 0.25) is 15.2 Å². The third kappa shape index (κ3) is 4.69. The van der Waals surface area contributed by atoms with Gasteiger partial charge in [0.25, 0.3) is 5.91 Å². The molecule has 11 heteroatoms. The van der Waals surface area contributed by atoms with Crippen molar-refractivity contribution in [1.29, 1.82) is 0 Å². The average molecular weight is 465 g/mol. The second kappa shape index (κ2) is 8.50. The smallest absolute Gasteiger partial charge is 0.269 e. The Morgan fingerprint density at radius 2 is 1.84 bits per heavy atom. The van der Waals surface area contributed by atoms with Crippen molar-refractivity contribution >= 4 is 42.6 Å². The molecule has 2 N–H and O–H groups in total. The van der Waals surface area contributed by atoms with Gasteiger partial charge in [0, 0.05) is 18.7 Å². The molecule has 0 unspecified atom stereocenters. The number of fused-ring (bicyclic) bond motifs is 1. The molecule has 8 nitrogen and oxygen atoms in total. The van der Waals surface area contributed by atoms with Crippen LogP contribution in [0.3, 0.4) is 0 Å². The number of amides is 1. The molecule has 2 heterocycles. The topological polar surface area (TPSA) is 101 Å². The van der Waals surface area contributed by atoms with Crippen LogP contribution in [-0.4, -0.2) is 48.9 Å². The number of morpholine rings is 1. The first kappa shape index (κ1) is 21.6. The molecule has 31 heavy (non-hydrogen) atoms. The van der Waals surface area contributed by atoms with Crippen molar-refractivity contribution in [3.63, 3.8) is 0 Å². The molecular formula is C20H21FN4O4S2. The van der Waals surface area contributed by atoms with Crippen molar-refractivity contribution in [3.05, 3.63) is 53.8 Å². The molecule has 1 amide bonds. The van der Waals surface area contributed by atoms with E-state index in [4.69, 9.17) is 4.74 Å². The summed E-state index contributed by atoms with van der Waals surface area (Å²) < 4.78 is 46.7. The first-order valence-electron chi connectivity index (χ1n) is 9.60. The Kier molecular flexibility index (Phi) is 5.93. The normalized spacial score (nSPS) is 20.0. The van der Waals surface area contributed by atoms with Crippen LogP contribution in [0.25, 0.3) is 10.2 Å². The third-order valence-corrected chi connectivity index (χ3v) is 7.55. The average Bonchev–Trinajstić information content (AvgIpc) is 3.13. The number of hydrazine groups is 1. The van der Waals surface area contributed by atoms with E-state index in [1.54, 1.807) is 6.07 Å². The molecule has 2 atom stereocenters. The van der Waals surface area contributed by atoms with Crippen LogP contribution in [0.1, 0.15) is 24.2 Å². The number of rotatable bonds is 5. The maximum Gasteiger partial charge on any atom is 0.269 e. The zero-order valence-corrected chi connectivity index (χ0v) is 18.5. The van der Waals surface area contributed by atoms with Gasteiger partial charge >= 0.3 is 0 Å². The predicted molar refractivity (Wildman–Crippen MR) is 116 cm³/mol. The van der Waals surface area contributed by atoms with Crippen molar-refractivity contribution in [2.75, 3.05) is 18.5 Å². The van der Waals surface area contributed by atoms with E-state index in [9.17, 15) is 17.6 Å². The second-order valence-corrected chi connectivity index (χ2v) is 10.3. The standard InChI is InChI=1S/C20H21FN4O4S2/c1-12-10-25(11-13(2)29-12)31(27,28)16-6-3-14(4-7-16)19(26)23-24-20-22-17-8-5-15(21)9-18(17)30-20/h3-9,12-13H,10-11H2,1-2H3,(H,22,24)(H,23,26)/t12-,13-/m0/s1. The summed E-state index contributed by atoms with van der Waals surface area (Å²) in [7, 11) is -3.68. The monoisotopic (exact) mass is 464 g/mol. The van der Waals surface area contributed by atoms with Crippen molar-refractivity contribution in [3.8, 4) is 0 Å². The number of sulfonamides is 1. The summed E-state index contributed by atoms with van der Waals surface area (Å²) in [5.41, 5.74) is 6.11. The molecule has 2 aromatic carbocycles. The van der Waals surface area contributed by atoms with Crippen LogP contribution in [0.15, 0.2) is 47.4 Å². The molecule has 1 aromatic heterocycles. The zero-order chi connectivity index (χ0) is 22.2. The number of carbonyl (C=O) groups excluding carboxylic acids is 1. The summed E-state index contributed by atoms with van der Waals surface area (Å²) in [6.07, 6.45) is -0.373. The van der Waals surface area contributed by atoms with Crippen LogP contribution in [0.5, 0.6) is 0 Å². The number of benzene rings is 2. The molecule has 1 saturated heterocycles. The molecule has 3 aromatic rings. The van der Waals surface area contributed by atoms with Gasteiger partial charge in [0.15, 0.2) is 0 Å². The van der Waals surface area contributed by atoms with E-state index in [1.165, 1.54) is 52.0 Å². The number of thiazole rings is 1. The number of ether oxygens (including phenoxy) is 1. The molecule has 0 aliphatic carbocycles. The maximum absolute atomic E-state index is 13.3. The quantitative estimate of drug-likeness (QED) is 0.563. The first-order valence-corrected chi connectivity index (χ1v) is 11.9. The maximum atomic E-state index is 13.3. The van der Waals surface area contributed by atoms with Crippen molar-refractivity contribution in [1.82, 2.24) is 14.7 Å². The van der Waals surface area contributed by atoms with E-state index >= 15 is 0 Å². The number of carbonyl (C=O) groups is 1. The number of hydrogen-bond acceptors (Lipinski definition) is 7. The minimum absolute atomic E-state index is 0.117. The fraction of sp³-hybridized carbons (Fsp3) is 0.300. The van der Waals surface area contributed by atoms with E-state index in [0.29, 0.717) is 15.3 Å². The highest BCUT2D eigenvalue weighted by Crippen LogP contribution is 2.26. The summed E-state index contributed by atoms with van der Waals surface area (Å²) >= 11 is 1.20. The Labute approximate surface area is 183 Å². The van der Waals surface area contributed by atoms with Crippen LogP contribution >= 0.6 is 11.3 Å². The number of anilines is 1. The summed E-state index contributed by atoms with van der Waals surface area (Å²) in [6.45, 7) is 4.23. The molecule has 0 radical (unpaired) electrons. The lowest BCUT2D eigenvalue weighted by atomic mass is 10.2. The zero-order valence-electron chi connectivity index (χ0n) is 16.8. The molecule has 1 aliphatic rings. The summed E-state index contributed by atoms with van der Waals surface area (Å²) in [5.74, 6) is -0.814. The summed E-state index contributed by atoms with van der Waals surface area (Å²) in [5, 5.41) is 0.406. The van der Waals surface area contributed by atoms with Gasteiger partial charge in [-0.1, -0.05) is 11.3 Å². The van der Waals surface area contributed by atoms with E-state index in [0.717, 1.165) is 0 Å². The molecule has 4 rings (SSSR count). The molecular weight excluding hydrogens is 443 g/mol. The molecule has 1 fully saturated rings. The van der Waals surface area contributed by atoms with Gasteiger partial charge in [-0.15, -0.1) is 0 Å². The van der Waals surface area contributed by atoms with Gasteiger partial charge in [0.05, 0.1) is 27.3 Å². The lowest BCUT2D eigenvalue weighted by Gasteiger charge is -2.34. The Morgan fingerprint density at radius 1 is 1.16 bits per heavy atom. The van der Waals surface area contributed by atoms with Crippen LogP contribution in [-0.2, 0) is 14.8 Å². The van der Waals surface area contributed by atoms with Gasteiger partial charge in [0.1, 0.15) is 5.82 Å². The lowest BCUT2D eigenvalue weighted by Crippen LogP contribution is -2.48. The Morgan fingerprint density at radius 3 is 2.52 bits per heavy atom. The third-order valence-electron chi connectivity index (χ3n) is 4.77. The van der Waals surface area contributed by atoms with Crippen molar-refractivity contribution in [2.24, 2.45) is 0 Å². The Bertz CT molecular complexity index is 1200.